The highest BCUT2D eigenvalue weighted by Crippen LogP contribution is 2.33. The molecule has 0 N–H and O–H groups in total. The minimum atomic E-state index is -1.19. The molecule has 0 bridgehead atoms. The topological polar surface area (TPSA) is 53.0 Å². The van der Waals surface area contributed by atoms with Gasteiger partial charge in [-0.05, 0) is 0 Å². The second-order valence-electron chi connectivity index (χ2n) is 4.22. The van der Waals surface area contributed by atoms with Gasteiger partial charge in [-0.2, -0.15) is 0 Å². The molecule has 0 unspecified atom stereocenters. The van der Waals surface area contributed by atoms with Crippen molar-refractivity contribution in [2.24, 2.45) is 0 Å². The summed E-state index contributed by atoms with van der Waals surface area (Å²) in [5.74, 6) is -1.19. The zero-order valence-electron chi connectivity index (χ0n) is 10.4. The fourth-order valence-electron chi connectivity index (χ4n) is 1.95. The fraction of sp³-hybridized carbons (Fsp3) is 0. The van der Waals surface area contributed by atoms with Crippen LogP contribution in [0.5, 0.6) is 0 Å². The van der Waals surface area contributed by atoms with Crippen molar-refractivity contribution in [1.82, 2.24) is 4.98 Å². The Balaban J connectivity index is 2.15. The van der Waals surface area contributed by atoms with Gasteiger partial charge in [0.15, 0.2) is 0 Å². The predicted octanol–water partition coefficient (Wildman–Crippen LogP) is 2.84. The molecule has 0 fully saturated rings. The second kappa shape index (κ2) is 5.27. The lowest BCUT2D eigenvalue weighted by atomic mass is 10.1. The van der Waals surface area contributed by atoms with Crippen molar-refractivity contribution in [2.75, 3.05) is 0 Å². The van der Waals surface area contributed by atoms with Crippen LogP contribution in [-0.4, -0.2) is 11.0 Å². The molecular weight excluding hydrogens is 270 g/mol. The van der Waals surface area contributed by atoms with Crippen molar-refractivity contribution in [2.45, 2.75) is 0 Å². The Morgan fingerprint density at radius 1 is 0.900 bits per heavy atom. The molecule has 0 amide bonds. The molecule has 0 atom stereocenters. The third kappa shape index (κ3) is 2.33. The van der Waals surface area contributed by atoms with Gasteiger partial charge in [0.2, 0.25) is 0 Å². The number of hydrogen-bond acceptors (Lipinski definition) is 4. The molecule has 2 aromatic carbocycles. The first kappa shape index (κ1) is 12.6. The third-order valence-electron chi connectivity index (χ3n) is 2.88. The lowest BCUT2D eigenvalue weighted by molar-refractivity contribution is -0.254. The van der Waals surface area contributed by atoms with Crippen LogP contribution in [-0.2, 0) is 0 Å². The van der Waals surface area contributed by atoms with Crippen molar-refractivity contribution in [3.63, 3.8) is 0 Å². The van der Waals surface area contributed by atoms with Gasteiger partial charge in [0.05, 0.1) is 16.5 Å². The Hall–Kier alpha value is -2.46. The lowest BCUT2D eigenvalue weighted by Crippen LogP contribution is -2.21. The number of carbonyl (C=O) groups is 1. The fourth-order valence-corrected chi connectivity index (χ4v) is 2.88. The minimum Gasteiger partial charge on any atom is -0.544 e. The van der Waals surface area contributed by atoms with E-state index >= 15 is 0 Å². The molecule has 0 aliphatic carbocycles. The van der Waals surface area contributed by atoms with Crippen LogP contribution in [0.4, 0.5) is 0 Å². The molecule has 0 aliphatic rings. The molecule has 98 valence electrons. The number of benzene rings is 2. The van der Waals surface area contributed by atoms with Crippen LogP contribution in [0.25, 0.3) is 21.8 Å². The molecule has 3 nitrogen and oxygen atoms in total. The smallest absolute Gasteiger partial charge is 0.124 e. The number of thiazole rings is 1. The number of hydrogen-bond donors (Lipinski definition) is 0. The van der Waals surface area contributed by atoms with E-state index in [2.05, 4.69) is 4.98 Å². The summed E-state index contributed by atoms with van der Waals surface area (Å²) in [5.41, 5.74) is 2.15. The average Bonchev–Trinajstić information content (AvgIpc) is 2.94. The van der Waals surface area contributed by atoms with Crippen molar-refractivity contribution in [3.8, 4) is 21.8 Å². The van der Waals surface area contributed by atoms with E-state index in [1.54, 1.807) is 0 Å². The van der Waals surface area contributed by atoms with Gasteiger partial charge >= 0.3 is 0 Å². The second-order valence-corrected chi connectivity index (χ2v) is 5.22. The van der Waals surface area contributed by atoms with E-state index in [0.29, 0.717) is 10.7 Å². The number of carboxylic acid groups (broad SMARTS) is 1. The van der Waals surface area contributed by atoms with Gasteiger partial charge in [-0.25, -0.2) is 4.98 Å². The highest BCUT2D eigenvalue weighted by molar-refractivity contribution is 7.17. The van der Waals surface area contributed by atoms with Crippen molar-refractivity contribution in [3.05, 3.63) is 65.5 Å². The van der Waals surface area contributed by atoms with Gasteiger partial charge < -0.3 is 9.90 Å². The minimum absolute atomic E-state index is 0.162. The summed E-state index contributed by atoms with van der Waals surface area (Å²) in [6.07, 6.45) is 0. The Labute approximate surface area is 120 Å². The quantitative estimate of drug-likeness (QED) is 0.741. The first-order valence-electron chi connectivity index (χ1n) is 6.09. The van der Waals surface area contributed by atoms with Gasteiger partial charge in [0.1, 0.15) is 5.01 Å². The molecule has 1 aromatic heterocycles. The molecule has 4 heteroatoms. The van der Waals surface area contributed by atoms with E-state index in [-0.39, 0.29) is 4.88 Å². The van der Waals surface area contributed by atoms with E-state index in [1.807, 2.05) is 60.7 Å². The summed E-state index contributed by atoms with van der Waals surface area (Å²) in [6.45, 7) is 0. The Morgan fingerprint density at radius 2 is 1.45 bits per heavy atom. The van der Waals surface area contributed by atoms with Gasteiger partial charge in [-0.15, -0.1) is 11.3 Å². The number of aromatic carboxylic acids is 1. The summed E-state index contributed by atoms with van der Waals surface area (Å²) >= 11 is 1.14. The Kier molecular flexibility index (Phi) is 3.31. The van der Waals surface area contributed by atoms with E-state index in [9.17, 15) is 9.90 Å². The third-order valence-corrected chi connectivity index (χ3v) is 3.97. The number of carbonyl (C=O) groups excluding carboxylic acids is 1. The molecule has 3 rings (SSSR count). The summed E-state index contributed by atoms with van der Waals surface area (Å²) in [4.78, 5) is 15.9. The predicted molar refractivity (Wildman–Crippen MR) is 77.3 cm³/mol. The van der Waals surface area contributed by atoms with E-state index < -0.39 is 5.97 Å². The highest BCUT2D eigenvalue weighted by atomic mass is 32.1. The zero-order valence-corrected chi connectivity index (χ0v) is 11.3. The summed E-state index contributed by atoms with van der Waals surface area (Å²) in [7, 11) is 0. The van der Waals surface area contributed by atoms with Gasteiger partial charge in [-0.1, -0.05) is 60.7 Å². The lowest BCUT2D eigenvalue weighted by Gasteiger charge is -2.01. The number of rotatable bonds is 3. The molecule has 0 saturated carbocycles. The number of nitrogens with zero attached hydrogens (tertiary/aromatic N) is 1. The SMILES string of the molecule is O=C([O-])c1sc(-c2ccccc2)nc1-c1ccccc1. The average molecular weight is 280 g/mol. The maximum Gasteiger partial charge on any atom is 0.124 e. The summed E-state index contributed by atoms with van der Waals surface area (Å²) in [6, 6.07) is 18.8. The van der Waals surface area contributed by atoms with Crippen LogP contribution in [0, 0.1) is 0 Å². The van der Waals surface area contributed by atoms with Gasteiger partial charge in [-0.3, -0.25) is 0 Å². The summed E-state index contributed by atoms with van der Waals surface area (Å²) < 4.78 is 0. The van der Waals surface area contributed by atoms with Crippen LogP contribution in [0.15, 0.2) is 60.7 Å². The first-order valence-corrected chi connectivity index (χ1v) is 6.90. The number of aromatic nitrogens is 1. The van der Waals surface area contributed by atoms with Crippen LogP contribution >= 0.6 is 11.3 Å². The van der Waals surface area contributed by atoms with Crippen LogP contribution in [0.2, 0.25) is 0 Å². The van der Waals surface area contributed by atoms with Crippen LogP contribution in [0.1, 0.15) is 9.67 Å². The molecular formula is C16H10NO2S-. The molecule has 3 aromatic rings. The zero-order chi connectivity index (χ0) is 13.9. The molecule has 20 heavy (non-hydrogen) atoms. The molecule has 0 radical (unpaired) electrons. The van der Waals surface area contributed by atoms with Gasteiger partial charge in [0, 0.05) is 11.1 Å². The maximum absolute atomic E-state index is 11.3. The molecule has 1 heterocycles. The van der Waals surface area contributed by atoms with Gasteiger partial charge in [0.25, 0.3) is 0 Å². The van der Waals surface area contributed by atoms with E-state index in [1.165, 1.54) is 0 Å². The largest absolute Gasteiger partial charge is 0.544 e. The van der Waals surface area contributed by atoms with E-state index in [4.69, 9.17) is 0 Å². The highest BCUT2D eigenvalue weighted by Gasteiger charge is 2.14. The van der Waals surface area contributed by atoms with Crippen LogP contribution in [0.3, 0.4) is 0 Å². The van der Waals surface area contributed by atoms with Crippen molar-refractivity contribution in [1.29, 1.82) is 0 Å². The van der Waals surface area contributed by atoms with Crippen LogP contribution < -0.4 is 5.11 Å². The Bertz CT molecular complexity index is 736. The maximum atomic E-state index is 11.3. The Morgan fingerprint density at radius 3 is 2.00 bits per heavy atom. The molecule has 0 aliphatic heterocycles. The first-order chi connectivity index (χ1) is 9.75. The molecule has 0 spiro atoms. The van der Waals surface area contributed by atoms with Crippen molar-refractivity contribution < 1.29 is 9.90 Å². The standard InChI is InChI=1S/C16H11NO2S/c18-16(19)14-13(11-7-3-1-4-8-11)17-15(20-14)12-9-5-2-6-10-12/h1-10H,(H,18,19)/p-1. The summed E-state index contributed by atoms with van der Waals surface area (Å²) in [5, 5.41) is 12.0. The van der Waals surface area contributed by atoms with E-state index in [0.717, 1.165) is 22.5 Å². The monoisotopic (exact) mass is 280 g/mol. The molecule has 0 saturated heterocycles. The normalized spacial score (nSPS) is 10.4. The number of carboxylic acids is 1. The van der Waals surface area contributed by atoms with Crippen molar-refractivity contribution >= 4 is 17.3 Å².